The Bertz CT molecular complexity index is 819. The number of nitrogens with one attached hydrogen (secondary N) is 1. The molecule has 1 aromatic carbocycles. The van der Waals surface area contributed by atoms with Crippen LogP contribution in [0, 0.1) is 12.7 Å². The molecule has 1 saturated heterocycles. The van der Waals surface area contributed by atoms with E-state index in [-0.39, 0.29) is 11.7 Å². The maximum atomic E-state index is 13.5. The average molecular weight is 407 g/mol. The lowest BCUT2D eigenvalue weighted by molar-refractivity contribution is -0.117. The minimum Gasteiger partial charge on any atom is -0.496 e. The first kappa shape index (κ1) is 20.7. The number of hydrogen-bond donors (Lipinski definition) is 1. The van der Waals surface area contributed by atoms with E-state index >= 15 is 0 Å². The third kappa shape index (κ3) is 5.27. The largest absolute Gasteiger partial charge is 0.496 e. The lowest BCUT2D eigenvalue weighted by Gasteiger charge is -2.34. The maximum Gasteiger partial charge on any atom is 0.240 e. The Balaban J connectivity index is 1.47. The summed E-state index contributed by atoms with van der Waals surface area (Å²) in [5.74, 6) is 0.416. The zero-order chi connectivity index (χ0) is 20.1. The molecule has 0 aliphatic carbocycles. The SMILES string of the molecule is CCc1nc(NC(=O)CN2CCN(Cc3cc(F)ccc3OC)CC2)sc1C. The topological polar surface area (TPSA) is 57.7 Å². The average Bonchev–Trinajstić information content (AvgIpc) is 3.02. The van der Waals surface area contributed by atoms with Crippen LogP contribution < -0.4 is 10.1 Å². The van der Waals surface area contributed by atoms with E-state index in [1.54, 1.807) is 13.2 Å². The molecule has 1 aliphatic heterocycles. The summed E-state index contributed by atoms with van der Waals surface area (Å²) in [5.41, 5.74) is 1.89. The van der Waals surface area contributed by atoms with Gasteiger partial charge in [-0.25, -0.2) is 9.37 Å². The van der Waals surface area contributed by atoms with Gasteiger partial charge in [0.25, 0.3) is 0 Å². The second kappa shape index (κ2) is 9.45. The molecule has 0 unspecified atom stereocenters. The highest BCUT2D eigenvalue weighted by Gasteiger charge is 2.21. The van der Waals surface area contributed by atoms with E-state index < -0.39 is 0 Å². The molecular formula is C20H27FN4O2S. The summed E-state index contributed by atoms with van der Waals surface area (Å²) in [5, 5.41) is 3.59. The van der Waals surface area contributed by atoms with Crippen LogP contribution >= 0.6 is 11.3 Å². The van der Waals surface area contributed by atoms with E-state index in [9.17, 15) is 9.18 Å². The first-order chi connectivity index (χ1) is 13.5. The van der Waals surface area contributed by atoms with Crippen molar-refractivity contribution in [1.29, 1.82) is 0 Å². The van der Waals surface area contributed by atoms with Crippen molar-refractivity contribution in [2.24, 2.45) is 0 Å². The standard InChI is InChI=1S/C20H27FN4O2S/c1-4-17-14(2)28-20(22-17)23-19(26)13-25-9-7-24(8-10-25)12-15-11-16(21)5-6-18(15)27-3/h5-6,11H,4,7-10,12-13H2,1-3H3,(H,22,23,26). The van der Waals surface area contributed by atoms with Crippen LogP contribution in [0.3, 0.4) is 0 Å². The van der Waals surface area contributed by atoms with Crippen molar-refractivity contribution in [3.8, 4) is 5.75 Å². The third-order valence-corrected chi connectivity index (χ3v) is 5.87. The van der Waals surface area contributed by atoms with E-state index in [4.69, 9.17) is 4.74 Å². The Morgan fingerprint density at radius 3 is 2.64 bits per heavy atom. The maximum absolute atomic E-state index is 13.5. The number of rotatable bonds is 7. The van der Waals surface area contributed by atoms with Crippen molar-refractivity contribution in [3.05, 3.63) is 40.2 Å². The second-order valence-corrected chi connectivity index (χ2v) is 8.14. The normalized spacial score (nSPS) is 15.6. The van der Waals surface area contributed by atoms with Crippen molar-refractivity contribution in [3.63, 3.8) is 0 Å². The number of halogens is 1. The van der Waals surface area contributed by atoms with Gasteiger partial charge < -0.3 is 10.1 Å². The summed E-state index contributed by atoms with van der Waals surface area (Å²) in [4.78, 5) is 22.3. The molecule has 8 heteroatoms. The summed E-state index contributed by atoms with van der Waals surface area (Å²) in [6.07, 6.45) is 0.871. The molecule has 2 aromatic rings. The number of aromatic nitrogens is 1. The van der Waals surface area contributed by atoms with E-state index in [0.717, 1.165) is 48.7 Å². The Morgan fingerprint density at radius 1 is 1.29 bits per heavy atom. The number of ether oxygens (including phenoxy) is 1. The smallest absolute Gasteiger partial charge is 0.240 e. The summed E-state index contributed by atoms with van der Waals surface area (Å²) in [6.45, 7) is 8.32. The molecule has 0 radical (unpaired) electrons. The second-order valence-electron chi connectivity index (χ2n) is 6.93. The molecule has 1 amide bonds. The fourth-order valence-electron chi connectivity index (χ4n) is 3.39. The predicted molar refractivity (Wildman–Crippen MR) is 110 cm³/mol. The summed E-state index contributed by atoms with van der Waals surface area (Å²) < 4.78 is 18.9. The molecule has 0 bridgehead atoms. The van der Waals surface area contributed by atoms with Gasteiger partial charge in [-0.1, -0.05) is 6.92 Å². The van der Waals surface area contributed by atoms with Crippen LogP contribution in [0.2, 0.25) is 0 Å². The number of nitrogens with zero attached hydrogens (tertiary/aromatic N) is 3. The summed E-state index contributed by atoms with van der Waals surface area (Å²) >= 11 is 1.52. The molecule has 152 valence electrons. The number of carbonyl (C=O) groups is 1. The van der Waals surface area contributed by atoms with Gasteiger partial charge in [0.2, 0.25) is 5.91 Å². The van der Waals surface area contributed by atoms with Crippen molar-refractivity contribution >= 4 is 22.4 Å². The van der Waals surface area contributed by atoms with Gasteiger partial charge >= 0.3 is 0 Å². The van der Waals surface area contributed by atoms with Crippen LogP contribution in [0.5, 0.6) is 5.75 Å². The fourth-order valence-corrected chi connectivity index (χ4v) is 4.31. The number of thiazole rings is 1. The van der Waals surface area contributed by atoms with Gasteiger partial charge in [-0.05, 0) is 31.5 Å². The molecule has 28 heavy (non-hydrogen) atoms. The molecule has 1 fully saturated rings. The molecule has 0 saturated carbocycles. The van der Waals surface area contributed by atoms with E-state index in [0.29, 0.717) is 24.0 Å². The number of hydrogen-bond acceptors (Lipinski definition) is 6. The van der Waals surface area contributed by atoms with Gasteiger partial charge in [0, 0.05) is 43.2 Å². The van der Waals surface area contributed by atoms with Crippen molar-refractivity contribution in [1.82, 2.24) is 14.8 Å². The highest BCUT2D eigenvalue weighted by Crippen LogP contribution is 2.23. The van der Waals surface area contributed by atoms with E-state index in [2.05, 4.69) is 27.0 Å². The zero-order valence-corrected chi connectivity index (χ0v) is 17.4. The summed E-state index contributed by atoms with van der Waals surface area (Å²) in [6, 6.07) is 4.60. The van der Waals surface area contributed by atoms with Crippen molar-refractivity contribution in [2.75, 3.05) is 45.2 Å². The van der Waals surface area contributed by atoms with Crippen LogP contribution in [0.15, 0.2) is 18.2 Å². The zero-order valence-electron chi connectivity index (χ0n) is 16.6. The summed E-state index contributed by atoms with van der Waals surface area (Å²) in [7, 11) is 1.60. The number of benzene rings is 1. The Hall–Kier alpha value is -2.03. The molecular weight excluding hydrogens is 379 g/mol. The molecule has 2 heterocycles. The highest BCUT2D eigenvalue weighted by atomic mass is 32.1. The first-order valence-electron chi connectivity index (χ1n) is 9.51. The Labute approximate surface area is 169 Å². The van der Waals surface area contributed by atoms with Crippen LogP contribution in [0.1, 0.15) is 23.1 Å². The fraction of sp³-hybridized carbons (Fsp3) is 0.500. The lowest BCUT2D eigenvalue weighted by Crippen LogP contribution is -2.48. The van der Waals surface area contributed by atoms with Gasteiger partial charge in [0.15, 0.2) is 5.13 Å². The monoisotopic (exact) mass is 406 g/mol. The molecule has 3 rings (SSSR count). The van der Waals surface area contributed by atoms with Gasteiger partial charge in [-0.15, -0.1) is 11.3 Å². The molecule has 1 aliphatic rings. The molecule has 1 N–H and O–H groups in total. The van der Waals surface area contributed by atoms with Gasteiger partial charge in [-0.2, -0.15) is 0 Å². The lowest BCUT2D eigenvalue weighted by atomic mass is 10.1. The highest BCUT2D eigenvalue weighted by molar-refractivity contribution is 7.15. The van der Waals surface area contributed by atoms with Crippen molar-refractivity contribution in [2.45, 2.75) is 26.8 Å². The number of aryl methyl sites for hydroxylation is 2. The van der Waals surface area contributed by atoms with Gasteiger partial charge in [0.1, 0.15) is 11.6 Å². The third-order valence-electron chi connectivity index (χ3n) is 4.94. The first-order valence-corrected chi connectivity index (χ1v) is 10.3. The Kier molecular flexibility index (Phi) is 6.98. The number of amides is 1. The quantitative estimate of drug-likeness (QED) is 0.766. The predicted octanol–water partition coefficient (Wildman–Crippen LogP) is 2.92. The van der Waals surface area contributed by atoms with Gasteiger partial charge in [0.05, 0.1) is 19.3 Å². The number of piperazine rings is 1. The molecule has 0 atom stereocenters. The molecule has 0 spiro atoms. The van der Waals surface area contributed by atoms with E-state index in [1.165, 1.54) is 23.5 Å². The minimum absolute atomic E-state index is 0.0309. The minimum atomic E-state index is -0.255. The number of methoxy groups -OCH3 is 1. The Morgan fingerprint density at radius 2 is 2.00 bits per heavy atom. The number of anilines is 1. The van der Waals surface area contributed by atoms with Crippen LogP contribution in [0.4, 0.5) is 9.52 Å². The van der Waals surface area contributed by atoms with Crippen LogP contribution in [-0.2, 0) is 17.8 Å². The van der Waals surface area contributed by atoms with Crippen LogP contribution in [0.25, 0.3) is 0 Å². The van der Waals surface area contributed by atoms with Crippen LogP contribution in [-0.4, -0.2) is 60.5 Å². The molecule has 6 nitrogen and oxygen atoms in total. The van der Waals surface area contributed by atoms with E-state index in [1.807, 2.05) is 6.92 Å². The van der Waals surface area contributed by atoms with Crippen molar-refractivity contribution < 1.29 is 13.9 Å². The molecule has 1 aromatic heterocycles. The number of carbonyl (C=O) groups excluding carboxylic acids is 1. The van der Waals surface area contributed by atoms with Gasteiger partial charge in [-0.3, -0.25) is 14.6 Å².